The third-order valence-electron chi connectivity index (χ3n) is 6.43. The van der Waals surface area contributed by atoms with Crippen LogP contribution in [0.5, 0.6) is 0 Å². The van der Waals surface area contributed by atoms with Gasteiger partial charge in [0, 0.05) is 30.7 Å². The molecule has 2 aromatic rings. The summed E-state index contributed by atoms with van der Waals surface area (Å²) in [6.07, 6.45) is 15.2. The molecule has 1 spiro atoms. The van der Waals surface area contributed by atoms with Gasteiger partial charge >= 0.3 is 0 Å². The molecule has 4 aliphatic rings. The van der Waals surface area contributed by atoms with Crippen molar-refractivity contribution in [2.45, 2.75) is 12.8 Å². The third kappa shape index (κ3) is 3.37. The molecule has 3 aliphatic heterocycles. The second kappa shape index (κ2) is 7.16. The zero-order valence-electron chi connectivity index (χ0n) is 17.2. The van der Waals surface area contributed by atoms with Gasteiger partial charge in [-0.2, -0.15) is 0 Å². The van der Waals surface area contributed by atoms with Crippen LogP contribution in [0.4, 0.5) is 11.4 Å². The van der Waals surface area contributed by atoms with Crippen LogP contribution in [0.3, 0.4) is 0 Å². The summed E-state index contributed by atoms with van der Waals surface area (Å²) in [7, 11) is 0. The summed E-state index contributed by atoms with van der Waals surface area (Å²) >= 11 is 0. The van der Waals surface area contributed by atoms with Gasteiger partial charge in [0.1, 0.15) is 6.33 Å². The maximum Gasteiger partial charge on any atom is 0.256 e. The van der Waals surface area contributed by atoms with Crippen LogP contribution in [0.25, 0.3) is 0 Å². The Morgan fingerprint density at radius 3 is 2.61 bits per heavy atom. The van der Waals surface area contributed by atoms with E-state index in [1.54, 1.807) is 18.6 Å². The third-order valence-corrected chi connectivity index (χ3v) is 6.43. The van der Waals surface area contributed by atoms with E-state index < -0.39 is 0 Å². The number of likely N-dealkylation sites (tertiary alicyclic amines) is 1. The first-order valence-electron chi connectivity index (χ1n) is 10.7. The first kappa shape index (κ1) is 18.5. The van der Waals surface area contributed by atoms with Gasteiger partial charge in [-0.15, -0.1) is 0 Å². The molecule has 1 N–H and O–H groups in total. The number of hydrogen-bond acceptors (Lipinski definition) is 7. The molecule has 1 saturated carbocycles. The van der Waals surface area contributed by atoms with Gasteiger partial charge in [-0.05, 0) is 37.0 Å². The Morgan fingerprint density at radius 2 is 1.90 bits per heavy atom. The number of pyridine rings is 1. The topological polar surface area (TPSA) is 83.5 Å². The van der Waals surface area contributed by atoms with Crippen LogP contribution in [0.1, 0.15) is 23.2 Å². The molecule has 0 unspecified atom stereocenters. The Balaban J connectivity index is 1.27. The monoisotopic (exact) mass is 416 g/mol. The lowest BCUT2D eigenvalue weighted by Gasteiger charge is -2.55. The van der Waals surface area contributed by atoms with Gasteiger partial charge in [0.25, 0.3) is 5.91 Å². The van der Waals surface area contributed by atoms with Crippen LogP contribution < -0.4 is 10.2 Å². The van der Waals surface area contributed by atoms with E-state index in [1.165, 1.54) is 24.9 Å². The number of amides is 1. The van der Waals surface area contributed by atoms with Crippen LogP contribution in [-0.4, -0.2) is 58.6 Å². The smallest absolute Gasteiger partial charge is 0.256 e. The molecule has 1 aliphatic carbocycles. The Bertz CT molecular complexity index is 1070. The summed E-state index contributed by atoms with van der Waals surface area (Å²) in [6, 6.07) is 1.85. The maximum absolute atomic E-state index is 13.3. The number of aromatic nitrogens is 3. The molecule has 2 saturated heterocycles. The van der Waals surface area contributed by atoms with Gasteiger partial charge in [-0.1, -0.05) is 0 Å². The van der Waals surface area contributed by atoms with Crippen molar-refractivity contribution in [1.82, 2.24) is 19.9 Å². The minimum atomic E-state index is 0.0746. The zero-order chi connectivity index (χ0) is 20.8. The lowest BCUT2D eigenvalue weighted by atomic mass is 9.77. The van der Waals surface area contributed by atoms with E-state index in [4.69, 9.17) is 4.74 Å². The molecule has 8 heteroatoms. The largest absolute Gasteiger partial charge is 0.380 e. The van der Waals surface area contributed by atoms with Crippen molar-refractivity contribution in [2.75, 3.05) is 43.1 Å². The van der Waals surface area contributed by atoms with Crippen molar-refractivity contribution in [3.8, 4) is 0 Å². The fourth-order valence-corrected chi connectivity index (χ4v) is 4.61. The molecule has 6 rings (SSSR count). The van der Waals surface area contributed by atoms with Crippen LogP contribution in [0.2, 0.25) is 0 Å². The molecule has 8 nitrogen and oxygen atoms in total. The second-order valence-corrected chi connectivity index (χ2v) is 8.94. The highest BCUT2D eigenvalue weighted by Crippen LogP contribution is 2.43. The lowest BCUT2D eigenvalue weighted by molar-refractivity contribution is -0.176. The van der Waals surface area contributed by atoms with Gasteiger partial charge in [-0.25, -0.2) is 9.97 Å². The summed E-state index contributed by atoms with van der Waals surface area (Å²) in [6.45, 7) is 3.73. The molecule has 0 radical (unpaired) electrons. The van der Waals surface area contributed by atoms with E-state index >= 15 is 0 Å². The quantitative estimate of drug-likeness (QED) is 0.802. The summed E-state index contributed by atoms with van der Waals surface area (Å²) in [5.74, 6) is 0.617. The molecule has 0 bridgehead atoms. The first-order valence-corrected chi connectivity index (χ1v) is 10.7. The maximum atomic E-state index is 13.3. The van der Waals surface area contributed by atoms with Gasteiger partial charge in [0.15, 0.2) is 0 Å². The van der Waals surface area contributed by atoms with Crippen molar-refractivity contribution in [1.29, 1.82) is 0 Å². The molecule has 3 fully saturated rings. The number of nitrogens with one attached hydrogen (secondary N) is 1. The van der Waals surface area contributed by atoms with E-state index in [0.717, 1.165) is 43.4 Å². The van der Waals surface area contributed by atoms with Gasteiger partial charge in [0.05, 0.1) is 60.7 Å². The normalized spacial score (nSPS) is 21.7. The molecular weight excluding hydrogens is 392 g/mol. The SMILES string of the molecule is O=C(c1ccncc1N1CC(Nc2cncnc2)=CC=C1C1CC1)N1CC2(COC2)C1. The highest BCUT2D eigenvalue weighted by atomic mass is 16.5. The van der Waals surface area contributed by atoms with Crippen LogP contribution in [0, 0.1) is 11.3 Å². The van der Waals surface area contributed by atoms with Gasteiger partial charge < -0.3 is 19.9 Å². The number of hydrogen-bond donors (Lipinski definition) is 1. The van der Waals surface area contributed by atoms with E-state index in [1.807, 2.05) is 17.2 Å². The number of allylic oxidation sites excluding steroid dienone is 3. The lowest BCUT2D eigenvalue weighted by Crippen LogP contribution is -2.67. The van der Waals surface area contributed by atoms with Gasteiger partial charge in [-0.3, -0.25) is 9.78 Å². The molecular formula is C23H24N6O2. The average Bonchev–Trinajstić information content (AvgIpc) is 3.58. The van der Waals surface area contributed by atoms with Crippen LogP contribution >= 0.6 is 0 Å². The van der Waals surface area contributed by atoms with Crippen molar-refractivity contribution in [3.63, 3.8) is 0 Å². The minimum absolute atomic E-state index is 0.0746. The van der Waals surface area contributed by atoms with E-state index in [0.29, 0.717) is 18.0 Å². The molecule has 0 aromatic carbocycles. The summed E-state index contributed by atoms with van der Waals surface area (Å²) < 4.78 is 5.35. The molecule has 5 heterocycles. The summed E-state index contributed by atoms with van der Waals surface area (Å²) in [5.41, 5.74) is 4.90. The predicted octanol–water partition coefficient (Wildman–Crippen LogP) is 2.45. The van der Waals surface area contributed by atoms with E-state index in [9.17, 15) is 4.79 Å². The van der Waals surface area contributed by atoms with Crippen molar-refractivity contribution in [2.24, 2.45) is 11.3 Å². The molecule has 1 amide bonds. The number of rotatable bonds is 5. The van der Waals surface area contributed by atoms with Gasteiger partial charge in [0.2, 0.25) is 0 Å². The number of carbonyl (C=O) groups is 1. The average molecular weight is 416 g/mol. The van der Waals surface area contributed by atoms with Crippen LogP contribution in [0.15, 0.2) is 60.7 Å². The molecule has 158 valence electrons. The number of anilines is 2. The summed E-state index contributed by atoms with van der Waals surface area (Å²) in [4.78, 5) is 30.0. The highest BCUT2D eigenvalue weighted by Gasteiger charge is 2.51. The van der Waals surface area contributed by atoms with Crippen molar-refractivity contribution < 1.29 is 9.53 Å². The fraction of sp³-hybridized carbons (Fsp3) is 0.391. The number of carbonyl (C=O) groups excluding carboxylic acids is 1. The molecule has 2 aromatic heterocycles. The highest BCUT2D eigenvalue weighted by molar-refractivity contribution is 6.00. The predicted molar refractivity (Wildman–Crippen MR) is 115 cm³/mol. The van der Waals surface area contributed by atoms with Crippen molar-refractivity contribution in [3.05, 3.63) is 66.3 Å². The van der Waals surface area contributed by atoms with E-state index in [2.05, 4.69) is 37.3 Å². The Kier molecular flexibility index (Phi) is 4.27. The van der Waals surface area contributed by atoms with Crippen LogP contribution in [-0.2, 0) is 4.74 Å². The van der Waals surface area contributed by atoms with Crippen molar-refractivity contribution >= 4 is 17.3 Å². The molecule has 31 heavy (non-hydrogen) atoms. The standard InChI is InChI=1S/C23H24N6O2/c30-22(28-11-23(12-28)13-31-14-23)19-5-6-24-9-21(19)29-10-17(3-4-20(29)16-1-2-16)27-18-7-25-15-26-8-18/h3-9,15-16,27H,1-2,10-14H2. The number of nitrogens with zero attached hydrogens (tertiary/aromatic N) is 5. The zero-order valence-corrected chi connectivity index (χ0v) is 17.2. The first-order chi connectivity index (χ1) is 15.2. The summed E-state index contributed by atoms with van der Waals surface area (Å²) in [5, 5.41) is 3.40. The second-order valence-electron chi connectivity index (χ2n) is 8.94. The molecule has 0 atom stereocenters. The fourth-order valence-electron chi connectivity index (χ4n) is 4.61. The number of ether oxygens (including phenoxy) is 1. The van der Waals surface area contributed by atoms with E-state index in [-0.39, 0.29) is 11.3 Å². The Labute approximate surface area is 180 Å². The minimum Gasteiger partial charge on any atom is -0.380 e. The Morgan fingerprint density at radius 1 is 1.10 bits per heavy atom. The Hall–Kier alpha value is -3.26.